The summed E-state index contributed by atoms with van der Waals surface area (Å²) in [6.45, 7) is 2.72. The fourth-order valence-electron chi connectivity index (χ4n) is 2.41. The third-order valence-electron chi connectivity index (χ3n) is 3.64. The molecule has 1 aliphatic heterocycles. The Kier molecular flexibility index (Phi) is 5.52. The van der Waals surface area contributed by atoms with Crippen molar-refractivity contribution < 1.29 is 9.72 Å². The molecule has 1 aromatic carbocycles. The molecule has 0 radical (unpaired) electrons. The topological polar surface area (TPSA) is 84.3 Å². The van der Waals surface area contributed by atoms with Crippen LogP contribution in [0, 0.1) is 16.0 Å². The molecule has 1 atom stereocenters. The largest absolute Gasteiger partial charge is 0.356 e. The lowest BCUT2D eigenvalue weighted by atomic mass is 10.1. The molecule has 0 aromatic heterocycles. The molecule has 21 heavy (non-hydrogen) atoms. The summed E-state index contributed by atoms with van der Waals surface area (Å²) >= 11 is 5.96. The Labute approximate surface area is 128 Å². The van der Waals surface area contributed by atoms with E-state index in [1.165, 1.54) is 18.2 Å². The van der Waals surface area contributed by atoms with Gasteiger partial charge in [-0.3, -0.25) is 14.9 Å². The maximum Gasteiger partial charge on any atom is 0.270 e. The molecule has 1 unspecified atom stereocenters. The van der Waals surface area contributed by atoms with Gasteiger partial charge < -0.3 is 10.6 Å². The minimum Gasteiger partial charge on any atom is -0.356 e. The van der Waals surface area contributed by atoms with Crippen LogP contribution in [0.4, 0.5) is 5.69 Å². The number of non-ortho nitro benzene ring substituents is 1. The van der Waals surface area contributed by atoms with Gasteiger partial charge in [0.15, 0.2) is 0 Å². The van der Waals surface area contributed by atoms with E-state index in [0.717, 1.165) is 25.9 Å². The van der Waals surface area contributed by atoms with Crippen molar-refractivity contribution in [2.75, 3.05) is 19.6 Å². The molecule has 1 aromatic rings. The van der Waals surface area contributed by atoms with Crippen LogP contribution in [0.1, 0.15) is 18.4 Å². The molecule has 0 spiro atoms. The van der Waals surface area contributed by atoms with Crippen LogP contribution in [0.5, 0.6) is 0 Å². The lowest BCUT2D eigenvalue weighted by Gasteiger charge is -2.10. The molecule has 1 aliphatic rings. The summed E-state index contributed by atoms with van der Waals surface area (Å²) in [5, 5.41) is 17.0. The van der Waals surface area contributed by atoms with E-state index in [1.54, 1.807) is 0 Å². The van der Waals surface area contributed by atoms with Crippen LogP contribution >= 0.6 is 11.6 Å². The Bertz CT molecular complexity index is 530. The number of nitro benzene ring substituents is 1. The number of amides is 1. The molecule has 1 saturated heterocycles. The van der Waals surface area contributed by atoms with Gasteiger partial charge >= 0.3 is 0 Å². The van der Waals surface area contributed by atoms with Crippen molar-refractivity contribution in [1.29, 1.82) is 0 Å². The fraction of sp³-hybridized carbons (Fsp3) is 0.500. The number of nitrogens with one attached hydrogen (secondary N) is 2. The monoisotopic (exact) mass is 311 g/mol. The average Bonchev–Trinajstić information content (AvgIpc) is 2.94. The van der Waals surface area contributed by atoms with Crippen molar-refractivity contribution in [2.24, 2.45) is 5.92 Å². The van der Waals surface area contributed by atoms with Gasteiger partial charge in [-0.1, -0.05) is 17.7 Å². The van der Waals surface area contributed by atoms with Crippen molar-refractivity contribution in [3.05, 3.63) is 38.9 Å². The molecule has 1 heterocycles. The summed E-state index contributed by atoms with van der Waals surface area (Å²) in [5.74, 6) is 0.518. The Morgan fingerprint density at radius 2 is 2.33 bits per heavy atom. The number of benzene rings is 1. The maximum atomic E-state index is 11.8. The molecule has 114 valence electrons. The van der Waals surface area contributed by atoms with E-state index in [1.807, 2.05) is 0 Å². The van der Waals surface area contributed by atoms with Gasteiger partial charge in [-0.2, -0.15) is 0 Å². The van der Waals surface area contributed by atoms with Gasteiger partial charge in [0.25, 0.3) is 5.69 Å². The van der Waals surface area contributed by atoms with Crippen molar-refractivity contribution in [3.8, 4) is 0 Å². The molecule has 0 bridgehead atoms. The summed E-state index contributed by atoms with van der Waals surface area (Å²) in [4.78, 5) is 21.9. The van der Waals surface area contributed by atoms with Crippen molar-refractivity contribution in [1.82, 2.24) is 10.6 Å². The second-order valence-electron chi connectivity index (χ2n) is 5.21. The highest BCUT2D eigenvalue weighted by atomic mass is 35.5. The van der Waals surface area contributed by atoms with Gasteiger partial charge in [-0.05, 0) is 37.4 Å². The van der Waals surface area contributed by atoms with Gasteiger partial charge in [0.05, 0.1) is 16.4 Å². The van der Waals surface area contributed by atoms with E-state index in [0.29, 0.717) is 18.0 Å². The van der Waals surface area contributed by atoms with E-state index < -0.39 is 4.92 Å². The molecule has 2 rings (SSSR count). The normalized spacial score (nSPS) is 17.7. The minimum atomic E-state index is -0.509. The lowest BCUT2D eigenvalue weighted by molar-refractivity contribution is -0.384. The van der Waals surface area contributed by atoms with Crippen LogP contribution in [-0.4, -0.2) is 30.5 Å². The molecule has 2 N–H and O–H groups in total. The summed E-state index contributed by atoms with van der Waals surface area (Å²) in [5.41, 5.74) is 0.528. The summed E-state index contributed by atoms with van der Waals surface area (Å²) < 4.78 is 0. The summed E-state index contributed by atoms with van der Waals surface area (Å²) in [6.07, 6.45) is 2.26. The zero-order valence-electron chi connectivity index (χ0n) is 11.6. The van der Waals surface area contributed by atoms with Crippen LogP contribution in [-0.2, 0) is 11.2 Å². The third-order valence-corrected chi connectivity index (χ3v) is 3.99. The van der Waals surface area contributed by atoms with E-state index in [2.05, 4.69) is 10.6 Å². The smallest absolute Gasteiger partial charge is 0.270 e. The number of halogens is 1. The predicted octanol–water partition coefficient (Wildman–Crippen LogP) is 1.91. The summed E-state index contributed by atoms with van der Waals surface area (Å²) in [6, 6.07) is 4.16. The van der Waals surface area contributed by atoms with E-state index in [9.17, 15) is 14.9 Å². The molecule has 6 nitrogen and oxygen atoms in total. The Morgan fingerprint density at radius 1 is 1.52 bits per heavy atom. The van der Waals surface area contributed by atoms with Crippen LogP contribution in [0.2, 0.25) is 5.02 Å². The average molecular weight is 312 g/mol. The molecule has 7 heteroatoms. The van der Waals surface area contributed by atoms with Crippen molar-refractivity contribution in [3.63, 3.8) is 0 Å². The third kappa shape index (κ3) is 4.68. The number of carbonyl (C=O) groups is 1. The number of hydrogen-bond acceptors (Lipinski definition) is 4. The molecule has 0 saturated carbocycles. The first-order valence-corrected chi connectivity index (χ1v) is 7.34. The van der Waals surface area contributed by atoms with E-state index in [4.69, 9.17) is 11.6 Å². The van der Waals surface area contributed by atoms with Gasteiger partial charge in [-0.15, -0.1) is 0 Å². The highest BCUT2D eigenvalue weighted by Crippen LogP contribution is 2.22. The molecule has 0 aliphatic carbocycles. The zero-order valence-corrected chi connectivity index (χ0v) is 12.4. The Balaban J connectivity index is 1.80. The predicted molar refractivity (Wildman–Crippen MR) is 80.4 cm³/mol. The van der Waals surface area contributed by atoms with E-state index >= 15 is 0 Å². The molecular formula is C14H18ClN3O3. The Morgan fingerprint density at radius 3 is 2.95 bits per heavy atom. The standard InChI is InChI=1S/C14H18ClN3O3/c15-13-8-12(18(20)21)2-1-11(13)7-14(19)17-6-4-10-3-5-16-9-10/h1-2,8,10,16H,3-7,9H2,(H,17,19). The van der Waals surface area contributed by atoms with Crippen LogP contribution in [0.3, 0.4) is 0 Å². The SMILES string of the molecule is O=C(Cc1ccc([N+](=O)[O-])cc1Cl)NCCC1CCNC1. The Hall–Kier alpha value is -1.66. The first-order chi connectivity index (χ1) is 10.1. The van der Waals surface area contributed by atoms with Gasteiger partial charge in [0.1, 0.15) is 0 Å². The second-order valence-corrected chi connectivity index (χ2v) is 5.61. The lowest BCUT2D eigenvalue weighted by Crippen LogP contribution is -2.27. The van der Waals surface area contributed by atoms with Crippen LogP contribution in [0.15, 0.2) is 18.2 Å². The quantitative estimate of drug-likeness (QED) is 0.621. The maximum absolute atomic E-state index is 11.8. The highest BCUT2D eigenvalue weighted by Gasteiger charge is 2.15. The van der Waals surface area contributed by atoms with Crippen molar-refractivity contribution >= 4 is 23.2 Å². The van der Waals surface area contributed by atoms with Gasteiger partial charge in [0, 0.05) is 18.7 Å². The van der Waals surface area contributed by atoms with Crippen LogP contribution < -0.4 is 10.6 Å². The molecular weight excluding hydrogens is 294 g/mol. The van der Waals surface area contributed by atoms with Crippen LogP contribution in [0.25, 0.3) is 0 Å². The van der Waals surface area contributed by atoms with Gasteiger partial charge in [0.2, 0.25) is 5.91 Å². The first-order valence-electron chi connectivity index (χ1n) is 6.96. The number of nitro groups is 1. The highest BCUT2D eigenvalue weighted by molar-refractivity contribution is 6.31. The first kappa shape index (κ1) is 15.7. The number of hydrogen-bond donors (Lipinski definition) is 2. The number of carbonyl (C=O) groups excluding carboxylic acids is 1. The zero-order chi connectivity index (χ0) is 15.2. The number of nitrogens with zero attached hydrogens (tertiary/aromatic N) is 1. The summed E-state index contributed by atoms with van der Waals surface area (Å²) in [7, 11) is 0. The molecule has 1 fully saturated rings. The fourth-order valence-corrected chi connectivity index (χ4v) is 2.65. The van der Waals surface area contributed by atoms with Gasteiger partial charge in [-0.25, -0.2) is 0 Å². The van der Waals surface area contributed by atoms with E-state index in [-0.39, 0.29) is 23.0 Å². The number of rotatable bonds is 6. The minimum absolute atomic E-state index is 0.0714. The molecule has 1 amide bonds. The van der Waals surface area contributed by atoms with Crippen molar-refractivity contribution in [2.45, 2.75) is 19.3 Å². The second kappa shape index (κ2) is 7.38.